The number of nitrogens with zero attached hydrogens (tertiary/aromatic N) is 1. The van der Waals surface area contributed by atoms with Gasteiger partial charge in [0.2, 0.25) is 5.91 Å². The topological polar surface area (TPSA) is 61.8 Å². The molecule has 2 heterocycles. The summed E-state index contributed by atoms with van der Waals surface area (Å²) in [6.07, 6.45) is 1.45. The number of aliphatic hydroxyl groups excluding tert-OH is 1. The molecule has 2 rings (SSSR count). The fourth-order valence-corrected chi connectivity index (χ4v) is 2.85. The SMILES string of the molecule is CC1(C)CN(C(=O)CC2CCNC2)CC(CO)O1. The van der Waals surface area contributed by atoms with E-state index in [9.17, 15) is 9.90 Å². The Morgan fingerprint density at radius 2 is 2.33 bits per heavy atom. The van der Waals surface area contributed by atoms with Crippen LogP contribution in [0.25, 0.3) is 0 Å². The maximum absolute atomic E-state index is 12.3. The first-order valence-electron chi connectivity index (χ1n) is 6.77. The van der Waals surface area contributed by atoms with Crippen molar-refractivity contribution in [1.82, 2.24) is 10.2 Å². The molecule has 0 aromatic carbocycles. The Morgan fingerprint density at radius 1 is 1.56 bits per heavy atom. The Bertz CT molecular complexity index is 301. The minimum absolute atomic E-state index is 0.0296. The van der Waals surface area contributed by atoms with E-state index in [-0.39, 0.29) is 24.2 Å². The molecule has 2 N–H and O–H groups in total. The van der Waals surface area contributed by atoms with Gasteiger partial charge in [0.1, 0.15) is 0 Å². The third-order valence-electron chi connectivity index (χ3n) is 3.66. The molecule has 5 heteroatoms. The number of rotatable bonds is 3. The minimum Gasteiger partial charge on any atom is -0.394 e. The standard InChI is InChI=1S/C13H24N2O3/c1-13(2)9-15(7-11(8-16)18-13)12(17)5-10-3-4-14-6-10/h10-11,14,16H,3-9H2,1-2H3. The van der Waals surface area contributed by atoms with E-state index in [2.05, 4.69) is 5.32 Å². The molecular formula is C13H24N2O3. The van der Waals surface area contributed by atoms with E-state index in [1.54, 1.807) is 0 Å². The first-order chi connectivity index (χ1) is 8.50. The summed E-state index contributed by atoms with van der Waals surface area (Å²) >= 11 is 0. The second-order valence-electron chi connectivity index (χ2n) is 6.02. The Labute approximate surface area is 108 Å². The van der Waals surface area contributed by atoms with Crippen LogP contribution in [0.3, 0.4) is 0 Å². The van der Waals surface area contributed by atoms with Crippen molar-refractivity contribution in [2.45, 2.75) is 38.4 Å². The third kappa shape index (κ3) is 3.43. The van der Waals surface area contributed by atoms with Crippen LogP contribution >= 0.6 is 0 Å². The molecule has 2 aliphatic rings. The predicted molar refractivity (Wildman–Crippen MR) is 68.2 cm³/mol. The second kappa shape index (κ2) is 5.55. The smallest absolute Gasteiger partial charge is 0.223 e. The molecule has 0 radical (unpaired) electrons. The van der Waals surface area contributed by atoms with Gasteiger partial charge in [0.05, 0.1) is 18.3 Å². The summed E-state index contributed by atoms with van der Waals surface area (Å²) in [5.41, 5.74) is -0.366. The summed E-state index contributed by atoms with van der Waals surface area (Å²) < 4.78 is 5.72. The predicted octanol–water partition coefficient (Wildman–Crippen LogP) is -0.0157. The maximum Gasteiger partial charge on any atom is 0.223 e. The van der Waals surface area contributed by atoms with Crippen molar-refractivity contribution in [1.29, 1.82) is 0 Å². The zero-order valence-corrected chi connectivity index (χ0v) is 11.3. The summed E-state index contributed by atoms with van der Waals surface area (Å²) in [7, 11) is 0. The summed E-state index contributed by atoms with van der Waals surface area (Å²) in [6.45, 7) is 6.99. The Morgan fingerprint density at radius 3 is 2.94 bits per heavy atom. The fourth-order valence-electron chi connectivity index (χ4n) is 2.85. The van der Waals surface area contributed by atoms with Gasteiger partial charge in [-0.2, -0.15) is 0 Å². The number of hydrogen-bond donors (Lipinski definition) is 2. The number of hydrogen-bond acceptors (Lipinski definition) is 4. The first kappa shape index (κ1) is 13.8. The summed E-state index contributed by atoms with van der Waals surface area (Å²) in [4.78, 5) is 14.1. The molecule has 0 saturated carbocycles. The number of carbonyl (C=O) groups excluding carboxylic acids is 1. The zero-order valence-electron chi connectivity index (χ0n) is 11.3. The monoisotopic (exact) mass is 256 g/mol. The summed E-state index contributed by atoms with van der Waals surface area (Å²) in [5, 5.41) is 12.5. The third-order valence-corrected chi connectivity index (χ3v) is 3.66. The van der Waals surface area contributed by atoms with Crippen molar-refractivity contribution >= 4 is 5.91 Å². The summed E-state index contributed by atoms with van der Waals surface area (Å²) in [6, 6.07) is 0. The quantitative estimate of drug-likeness (QED) is 0.745. The number of nitrogens with one attached hydrogen (secondary N) is 1. The lowest BCUT2D eigenvalue weighted by molar-refractivity contribution is -0.167. The van der Waals surface area contributed by atoms with Crippen molar-refractivity contribution in [2.24, 2.45) is 5.92 Å². The molecule has 0 spiro atoms. The Kier molecular flexibility index (Phi) is 4.25. The molecule has 5 nitrogen and oxygen atoms in total. The molecular weight excluding hydrogens is 232 g/mol. The van der Waals surface area contributed by atoms with Crippen molar-refractivity contribution in [3.05, 3.63) is 0 Å². The Balaban J connectivity index is 1.91. The van der Waals surface area contributed by atoms with Crippen molar-refractivity contribution in [2.75, 3.05) is 32.8 Å². The Hall–Kier alpha value is -0.650. The molecule has 2 atom stereocenters. The summed E-state index contributed by atoms with van der Waals surface area (Å²) in [5.74, 6) is 0.662. The molecule has 0 bridgehead atoms. The van der Waals surface area contributed by atoms with E-state index in [4.69, 9.17) is 4.74 Å². The number of carbonyl (C=O) groups is 1. The first-order valence-corrected chi connectivity index (χ1v) is 6.77. The highest BCUT2D eigenvalue weighted by atomic mass is 16.5. The molecule has 0 aromatic heterocycles. The normalized spacial score (nSPS) is 31.6. The largest absolute Gasteiger partial charge is 0.394 e. The highest BCUT2D eigenvalue weighted by molar-refractivity contribution is 5.76. The van der Waals surface area contributed by atoms with Crippen LogP contribution in [0.5, 0.6) is 0 Å². The van der Waals surface area contributed by atoms with E-state index in [1.165, 1.54) is 0 Å². The van der Waals surface area contributed by atoms with Crippen LogP contribution in [0, 0.1) is 5.92 Å². The van der Waals surface area contributed by atoms with Crippen LogP contribution in [-0.2, 0) is 9.53 Å². The molecule has 0 aliphatic carbocycles. The minimum atomic E-state index is -0.366. The van der Waals surface area contributed by atoms with Crippen LogP contribution in [0.1, 0.15) is 26.7 Å². The molecule has 2 unspecified atom stereocenters. The van der Waals surface area contributed by atoms with E-state index in [0.717, 1.165) is 19.5 Å². The van der Waals surface area contributed by atoms with Gasteiger partial charge in [-0.25, -0.2) is 0 Å². The number of ether oxygens (including phenoxy) is 1. The maximum atomic E-state index is 12.3. The van der Waals surface area contributed by atoms with E-state index in [0.29, 0.717) is 25.4 Å². The van der Waals surface area contributed by atoms with Gasteiger partial charge in [0, 0.05) is 19.5 Å². The van der Waals surface area contributed by atoms with Crippen molar-refractivity contribution in [3.8, 4) is 0 Å². The molecule has 0 aromatic rings. The van der Waals surface area contributed by atoms with E-state index >= 15 is 0 Å². The van der Waals surface area contributed by atoms with E-state index in [1.807, 2.05) is 18.7 Å². The van der Waals surface area contributed by atoms with Crippen LogP contribution in [-0.4, -0.2) is 60.4 Å². The van der Waals surface area contributed by atoms with Gasteiger partial charge in [-0.1, -0.05) is 0 Å². The zero-order chi connectivity index (χ0) is 13.2. The lowest BCUT2D eigenvalue weighted by Crippen LogP contribution is -2.55. The average molecular weight is 256 g/mol. The molecule has 2 fully saturated rings. The van der Waals surface area contributed by atoms with Crippen LogP contribution in [0.4, 0.5) is 0 Å². The van der Waals surface area contributed by atoms with Gasteiger partial charge in [0.15, 0.2) is 0 Å². The van der Waals surface area contributed by atoms with Gasteiger partial charge in [-0.3, -0.25) is 4.79 Å². The van der Waals surface area contributed by atoms with E-state index < -0.39 is 0 Å². The lowest BCUT2D eigenvalue weighted by atomic mass is 10.0. The van der Waals surface area contributed by atoms with Crippen molar-refractivity contribution < 1.29 is 14.6 Å². The number of amides is 1. The lowest BCUT2D eigenvalue weighted by Gasteiger charge is -2.42. The molecule has 2 aliphatic heterocycles. The van der Waals surface area contributed by atoms with Gasteiger partial charge < -0.3 is 20.1 Å². The fraction of sp³-hybridized carbons (Fsp3) is 0.923. The van der Waals surface area contributed by atoms with Crippen LogP contribution < -0.4 is 5.32 Å². The number of morpholine rings is 1. The average Bonchev–Trinajstić information content (AvgIpc) is 2.79. The molecule has 104 valence electrons. The van der Waals surface area contributed by atoms with Crippen LogP contribution in [0.2, 0.25) is 0 Å². The molecule has 18 heavy (non-hydrogen) atoms. The molecule has 2 saturated heterocycles. The highest BCUT2D eigenvalue weighted by Gasteiger charge is 2.35. The highest BCUT2D eigenvalue weighted by Crippen LogP contribution is 2.23. The number of aliphatic hydroxyl groups is 1. The van der Waals surface area contributed by atoms with Gasteiger partial charge in [-0.15, -0.1) is 0 Å². The second-order valence-corrected chi connectivity index (χ2v) is 6.02. The van der Waals surface area contributed by atoms with Gasteiger partial charge in [-0.05, 0) is 39.3 Å². The van der Waals surface area contributed by atoms with Crippen molar-refractivity contribution in [3.63, 3.8) is 0 Å². The molecule has 1 amide bonds. The van der Waals surface area contributed by atoms with Gasteiger partial charge in [0.25, 0.3) is 0 Å². The van der Waals surface area contributed by atoms with Crippen LogP contribution in [0.15, 0.2) is 0 Å². The van der Waals surface area contributed by atoms with Gasteiger partial charge >= 0.3 is 0 Å².